The second kappa shape index (κ2) is 7.64. The molecule has 1 atom stereocenters. The first kappa shape index (κ1) is 18.7. The monoisotopic (exact) mass is 375 g/mol. The quantitative estimate of drug-likeness (QED) is 0.429. The molecule has 0 saturated carbocycles. The molecule has 1 fully saturated rings. The average molecular weight is 375 g/mol. The van der Waals surface area contributed by atoms with Gasteiger partial charge >= 0.3 is 0 Å². The number of imide groups is 2. The summed E-state index contributed by atoms with van der Waals surface area (Å²) in [6.45, 7) is -0.577. The first-order valence-electron chi connectivity index (χ1n) is 8.27. The van der Waals surface area contributed by atoms with Crippen LogP contribution in [0.1, 0.15) is 33.6 Å². The van der Waals surface area contributed by atoms with Gasteiger partial charge in [-0.05, 0) is 18.6 Å². The smallest absolute Gasteiger partial charge is 0.264 e. The van der Waals surface area contributed by atoms with Crippen LogP contribution in [0.15, 0.2) is 18.2 Å². The molecule has 2 aliphatic heterocycles. The van der Waals surface area contributed by atoms with Gasteiger partial charge in [-0.3, -0.25) is 34.2 Å². The minimum absolute atomic E-state index is 0.0114. The zero-order valence-electron chi connectivity index (χ0n) is 14.2. The summed E-state index contributed by atoms with van der Waals surface area (Å²) in [5.74, 6) is -3.09. The minimum Gasteiger partial charge on any atom is -0.394 e. The van der Waals surface area contributed by atoms with Crippen molar-refractivity contribution < 1.29 is 33.8 Å². The lowest BCUT2D eigenvalue weighted by atomic mass is 10.0. The van der Waals surface area contributed by atoms with Gasteiger partial charge in [0.25, 0.3) is 11.8 Å². The standard InChI is InChI=1S/C17H17N3O7/c21-6-7-27-8-13(23)18-10-3-1-2-9-14(10)17(26)20(16(9)25)11-4-5-12(22)19-15(11)24/h1-3,11,21H,4-8H2,(H,18,23)(H,19,22,24). The van der Waals surface area contributed by atoms with Crippen LogP contribution in [0.2, 0.25) is 0 Å². The van der Waals surface area contributed by atoms with E-state index in [-0.39, 0.29) is 49.5 Å². The van der Waals surface area contributed by atoms with Crippen LogP contribution in [-0.2, 0) is 19.1 Å². The summed E-state index contributed by atoms with van der Waals surface area (Å²) in [4.78, 5) is 61.6. The van der Waals surface area contributed by atoms with Crippen LogP contribution in [0.4, 0.5) is 5.69 Å². The third-order valence-electron chi connectivity index (χ3n) is 4.21. The van der Waals surface area contributed by atoms with Crippen LogP contribution in [0, 0.1) is 0 Å². The number of anilines is 1. The second-order valence-corrected chi connectivity index (χ2v) is 6.00. The first-order valence-corrected chi connectivity index (χ1v) is 8.27. The molecule has 1 aromatic rings. The van der Waals surface area contributed by atoms with Crippen molar-refractivity contribution in [1.82, 2.24) is 10.2 Å². The molecule has 1 unspecified atom stereocenters. The number of ether oxygens (including phenoxy) is 1. The van der Waals surface area contributed by atoms with Crippen molar-refractivity contribution in [2.45, 2.75) is 18.9 Å². The van der Waals surface area contributed by atoms with Gasteiger partial charge in [-0.15, -0.1) is 0 Å². The van der Waals surface area contributed by atoms with Gasteiger partial charge in [0.1, 0.15) is 12.6 Å². The minimum atomic E-state index is -1.08. The molecular formula is C17H17N3O7. The molecule has 3 N–H and O–H groups in total. The molecule has 27 heavy (non-hydrogen) atoms. The molecule has 1 saturated heterocycles. The molecule has 0 aromatic heterocycles. The number of carbonyl (C=O) groups excluding carboxylic acids is 5. The second-order valence-electron chi connectivity index (χ2n) is 6.00. The molecule has 0 spiro atoms. The van der Waals surface area contributed by atoms with E-state index in [9.17, 15) is 24.0 Å². The molecule has 5 amide bonds. The lowest BCUT2D eigenvalue weighted by Gasteiger charge is -2.27. The van der Waals surface area contributed by atoms with Gasteiger partial charge < -0.3 is 15.2 Å². The Bertz CT molecular complexity index is 836. The molecule has 0 aliphatic carbocycles. The van der Waals surface area contributed by atoms with Crippen molar-refractivity contribution in [3.8, 4) is 0 Å². The number of carbonyl (C=O) groups is 5. The van der Waals surface area contributed by atoms with Gasteiger partial charge in [-0.25, -0.2) is 0 Å². The van der Waals surface area contributed by atoms with Gasteiger partial charge in [-0.2, -0.15) is 0 Å². The van der Waals surface area contributed by atoms with Gasteiger partial charge in [0.05, 0.1) is 30.0 Å². The SMILES string of the molecule is O=C1CCC(N2C(=O)c3cccc(NC(=O)COCCO)c3C2=O)C(=O)N1. The third kappa shape index (κ3) is 3.57. The van der Waals surface area contributed by atoms with Crippen LogP contribution in [-0.4, -0.2) is 65.4 Å². The summed E-state index contributed by atoms with van der Waals surface area (Å²) < 4.78 is 4.92. The van der Waals surface area contributed by atoms with Gasteiger partial charge in [0.2, 0.25) is 17.7 Å². The highest BCUT2D eigenvalue weighted by Gasteiger charge is 2.45. The number of hydrogen-bond donors (Lipinski definition) is 3. The van der Waals surface area contributed by atoms with Gasteiger partial charge in [0, 0.05) is 6.42 Å². The number of aliphatic hydroxyl groups excluding tert-OH is 1. The maximum Gasteiger partial charge on any atom is 0.264 e. The molecule has 2 aliphatic rings. The number of benzene rings is 1. The molecule has 10 nitrogen and oxygen atoms in total. The summed E-state index contributed by atoms with van der Waals surface area (Å²) in [7, 11) is 0. The fourth-order valence-electron chi connectivity index (χ4n) is 3.03. The van der Waals surface area contributed by atoms with Gasteiger partial charge in [0.15, 0.2) is 0 Å². The predicted octanol–water partition coefficient (Wildman–Crippen LogP) is -0.965. The van der Waals surface area contributed by atoms with E-state index >= 15 is 0 Å². The summed E-state index contributed by atoms with van der Waals surface area (Å²) >= 11 is 0. The fraction of sp³-hybridized carbons (Fsp3) is 0.353. The lowest BCUT2D eigenvalue weighted by Crippen LogP contribution is -2.54. The molecule has 142 valence electrons. The Morgan fingerprint density at radius 2 is 2.04 bits per heavy atom. The van der Waals surface area contributed by atoms with Crippen molar-refractivity contribution in [2.75, 3.05) is 25.1 Å². The summed E-state index contributed by atoms with van der Waals surface area (Å²) in [5, 5.41) is 13.3. The third-order valence-corrected chi connectivity index (χ3v) is 4.21. The zero-order valence-corrected chi connectivity index (χ0v) is 14.2. The van der Waals surface area contributed by atoms with E-state index in [1.54, 1.807) is 0 Å². The van der Waals surface area contributed by atoms with Crippen LogP contribution in [0.3, 0.4) is 0 Å². The van der Waals surface area contributed by atoms with Crippen molar-refractivity contribution in [2.24, 2.45) is 0 Å². The average Bonchev–Trinajstić information content (AvgIpc) is 2.88. The first-order chi connectivity index (χ1) is 12.9. The number of fused-ring (bicyclic) bond motifs is 1. The molecule has 0 radical (unpaired) electrons. The van der Waals surface area contributed by atoms with Crippen molar-refractivity contribution in [1.29, 1.82) is 0 Å². The molecule has 1 aromatic carbocycles. The Morgan fingerprint density at radius 3 is 2.74 bits per heavy atom. The van der Waals surface area contributed by atoms with Crippen LogP contribution < -0.4 is 10.6 Å². The Hall–Kier alpha value is -3.11. The number of aliphatic hydroxyl groups is 1. The van der Waals surface area contributed by atoms with Crippen molar-refractivity contribution in [3.63, 3.8) is 0 Å². The van der Waals surface area contributed by atoms with E-state index in [0.29, 0.717) is 0 Å². The topological polar surface area (TPSA) is 142 Å². The number of piperidine rings is 1. The highest BCUT2D eigenvalue weighted by Crippen LogP contribution is 2.32. The summed E-state index contributed by atoms with van der Waals surface area (Å²) in [6, 6.07) is 3.32. The Labute approximate surface area is 153 Å². The van der Waals surface area contributed by atoms with E-state index in [4.69, 9.17) is 9.84 Å². The Balaban J connectivity index is 1.83. The predicted molar refractivity (Wildman–Crippen MR) is 89.6 cm³/mol. The molecular weight excluding hydrogens is 358 g/mol. The summed E-state index contributed by atoms with van der Waals surface area (Å²) in [6.07, 6.45) is 0.0719. The zero-order chi connectivity index (χ0) is 19.6. The molecule has 10 heteroatoms. The molecule has 2 heterocycles. The van der Waals surface area contributed by atoms with E-state index in [2.05, 4.69) is 10.6 Å². The van der Waals surface area contributed by atoms with Crippen molar-refractivity contribution in [3.05, 3.63) is 29.3 Å². The van der Waals surface area contributed by atoms with Crippen LogP contribution >= 0.6 is 0 Å². The van der Waals surface area contributed by atoms with E-state index in [1.807, 2.05) is 0 Å². The largest absolute Gasteiger partial charge is 0.394 e. The normalized spacial score (nSPS) is 19.1. The maximum atomic E-state index is 12.8. The van der Waals surface area contributed by atoms with E-state index in [1.165, 1.54) is 18.2 Å². The van der Waals surface area contributed by atoms with Crippen LogP contribution in [0.25, 0.3) is 0 Å². The fourth-order valence-corrected chi connectivity index (χ4v) is 3.03. The van der Waals surface area contributed by atoms with E-state index < -0.39 is 35.6 Å². The van der Waals surface area contributed by atoms with Crippen LogP contribution in [0.5, 0.6) is 0 Å². The van der Waals surface area contributed by atoms with E-state index in [0.717, 1.165) is 4.90 Å². The number of rotatable bonds is 6. The Kier molecular flexibility index (Phi) is 5.28. The molecule has 0 bridgehead atoms. The Morgan fingerprint density at radius 1 is 1.26 bits per heavy atom. The highest BCUT2D eigenvalue weighted by molar-refractivity contribution is 6.26. The molecule has 3 rings (SSSR count). The number of nitrogens with one attached hydrogen (secondary N) is 2. The van der Waals surface area contributed by atoms with Gasteiger partial charge in [-0.1, -0.05) is 6.07 Å². The maximum absolute atomic E-state index is 12.8. The number of nitrogens with zero attached hydrogens (tertiary/aromatic N) is 1. The summed E-state index contributed by atoms with van der Waals surface area (Å²) in [5.41, 5.74) is 0.180. The lowest BCUT2D eigenvalue weighted by molar-refractivity contribution is -0.136. The number of hydrogen-bond acceptors (Lipinski definition) is 7. The van der Waals surface area contributed by atoms with Crippen molar-refractivity contribution >= 4 is 35.2 Å². The highest BCUT2D eigenvalue weighted by atomic mass is 16.5. The number of amides is 5.